The summed E-state index contributed by atoms with van der Waals surface area (Å²) in [5, 5.41) is 2.00. The first-order chi connectivity index (χ1) is 15.2. The van der Waals surface area contributed by atoms with E-state index in [4.69, 9.17) is 19.2 Å². The fraction of sp³-hybridized carbons (Fsp3) is 0.250. The van der Waals surface area contributed by atoms with Crippen LogP contribution in [0.25, 0.3) is 33.1 Å². The van der Waals surface area contributed by atoms with E-state index in [1.54, 1.807) is 19.1 Å². The number of aromatic amines is 1. The Morgan fingerprint density at radius 2 is 1.84 bits per heavy atom. The molecule has 0 aliphatic carbocycles. The van der Waals surface area contributed by atoms with Gasteiger partial charge >= 0.3 is 0 Å². The summed E-state index contributed by atoms with van der Waals surface area (Å²) in [5.74, 6) is 1.22. The molecule has 5 rings (SSSR count). The third-order valence-electron chi connectivity index (χ3n) is 5.68. The zero-order valence-electron chi connectivity index (χ0n) is 17.5. The Labute approximate surface area is 179 Å². The van der Waals surface area contributed by atoms with E-state index in [1.807, 2.05) is 48.5 Å². The first-order valence-corrected chi connectivity index (χ1v) is 10.2. The number of methoxy groups -OCH3 is 2. The molecule has 2 aromatic carbocycles. The predicted octanol–water partition coefficient (Wildman–Crippen LogP) is 3.87. The van der Waals surface area contributed by atoms with Crippen molar-refractivity contribution in [2.24, 2.45) is 0 Å². The SMILES string of the molecule is COc1ccc(-c2nc(C(=O)N3CCOCC3)cc3c2[nH]c2ccccc23)c(OC)c1. The normalized spacial score (nSPS) is 14.2. The molecule has 0 radical (unpaired) electrons. The number of nitrogens with one attached hydrogen (secondary N) is 1. The summed E-state index contributed by atoms with van der Waals surface area (Å²) in [6.07, 6.45) is 0. The van der Waals surface area contributed by atoms with Gasteiger partial charge in [-0.15, -0.1) is 0 Å². The number of nitrogens with zero attached hydrogens (tertiary/aromatic N) is 2. The summed E-state index contributed by atoms with van der Waals surface area (Å²) < 4.78 is 16.4. The predicted molar refractivity (Wildman–Crippen MR) is 119 cm³/mol. The lowest BCUT2D eigenvalue weighted by Gasteiger charge is -2.26. The van der Waals surface area contributed by atoms with Crippen LogP contribution in [0.1, 0.15) is 10.5 Å². The van der Waals surface area contributed by atoms with Crippen LogP contribution in [0.3, 0.4) is 0 Å². The monoisotopic (exact) mass is 417 g/mol. The number of aromatic nitrogens is 2. The number of fused-ring (bicyclic) bond motifs is 3. The van der Waals surface area contributed by atoms with E-state index in [-0.39, 0.29) is 5.91 Å². The van der Waals surface area contributed by atoms with Gasteiger partial charge in [0.25, 0.3) is 5.91 Å². The zero-order valence-corrected chi connectivity index (χ0v) is 17.5. The molecule has 3 heterocycles. The fourth-order valence-electron chi connectivity index (χ4n) is 4.07. The summed E-state index contributed by atoms with van der Waals surface area (Å²) in [7, 11) is 3.23. The highest BCUT2D eigenvalue weighted by molar-refractivity contribution is 6.13. The topological polar surface area (TPSA) is 76.7 Å². The van der Waals surface area contributed by atoms with E-state index in [1.165, 1.54) is 0 Å². The first-order valence-electron chi connectivity index (χ1n) is 10.2. The van der Waals surface area contributed by atoms with Crippen molar-refractivity contribution in [2.75, 3.05) is 40.5 Å². The van der Waals surface area contributed by atoms with Crippen LogP contribution in [-0.4, -0.2) is 61.3 Å². The number of para-hydroxylation sites is 1. The maximum atomic E-state index is 13.3. The zero-order chi connectivity index (χ0) is 21.4. The van der Waals surface area contributed by atoms with Gasteiger partial charge in [0.15, 0.2) is 0 Å². The molecule has 1 fully saturated rings. The van der Waals surface area contributed by atoms with Crippen LogP contribution in [0.2, 0.25) is 0 Å². The van der Waals surface area contributed by atoms with Gasteiger partial charge in [-0.25, -0.2) is 4.98 Å². The quantitative estimate of drug-likeness (QED) is 0.545. The third-order valence-corrected chi connectivity index (χ3v) is 5.68. The second-order valence-corrected chi connectivity index (χ2v) is 7.42. The molecule has 7 heteroatoms. The first kappa shape index (κ1) is 19.4. The molecular formula is C24H23N3O4. The summed E-state index contributed by atoms with van der Waals surface area (Å²) in [5.41, 5.74) is 3.72. The second-order valence-electron chi connectivity index (χ2n) is 7.42. The molecule has 31 heavy (non-hydrogen) atoms. The van der Waals surface area contributed by atoms with Crippen molar-refractivity contribution in [1.82, 2.24) is 14.9 Å². The van der Waals surface area contributed by atoms with Crippen molar-refractivity contribution in [3.05, 3.63) is 54.2 Å². The molecule has 0 spiro atoms. The summed E-state index contributed by atoms with van der Waals surface area (Å²) in [6, 6.07) is 15.5. The number of hydrogen-bond acceptors (Lipinski definition) is 5. The smallest absolute Gasteiger partial charge is 0.272 e. The van der Waals surface area contributed by atoms with Gasteiger partial charge < -0.3 is 24.1 Å². The van der Waals surface area contributed by atoms with Gasteiger partial charge in [-0.2, -0.15) is 0 Å². The lowest BCUT2D eigenvalue weighted by atomic mass is 10.0. The molecule has 158 valence electrons. The Morgan fingerprint density at radius 1 is 1.03 bits per heavy atom. The van der Waals surface area contributed by atoms with Gasteiger partial charge in [0.05, 0.1) is 38.6 Å². The Balaban J connectivity index is 1.75. The molecule has 0 bridgehead atoms. The highest BCUT2D eigenvalue weighted by Gasteiger charge is 2.24. The van der Waals surface area contributed by atoms with Crippen molar-refractivity contribution in [2.45, 2.75) is 0 Å². The van der Waals surface area contributed by atoms with E-state index in [9.17, 15) is 4.79 Å². The van der Waals surface area contributed by atoms with Gasteiger partial charge in [-0.05, 0) is 24.3 Å². The van der Waals surface area contributed by atoms with Crippen LogP contribution in [0.5, 0.6) is 11.5 Å². The van der Waals surface area contributed by atoms with Crippen LogP contribution in [0, 0.1) is 0 Å². The van der Waals surface area contributed by atoms with Gasteiger partial charge in [-0.1, -0.05) is 18.2 Å². The number of pyridine rings is 1. The minimum absolute atomic E-state index is 0.0933. The molecule has 1 N–H and O–H groups in total. The van der Waals surface area contributed by atoms with Gasteiger partial charge in [0, 0.05) is 41.0 Å². The number of H-pyrrole nitrogens is 1. The minimum Gasteiger partial charge on any atom is -0.497 e. The van der Waals surface area contributed by atoms with E-state index in [0.717, 1.165) is 27.4 Å². The Kier molecular flexibility index (Phi) is 4.95. The van der Waals surface area contributed by atoms with Crippen LogP contribution in [0.15, 0.2) is 48.5 Å². The molecule has 1 amide bonds. The minimum atomic E-state index is -0.0933. The van der Waals surface area contributed by atoms with Crippen molar-refractivity contribution < 1.29 is 19.0 Å². The molecule has 7 nitrogen and oxygen atoms in total. The molecule has 0 saturated carbocycles. The van der Waals surface area contributed by atoms with E-state index in [2.05, 4.69) is 4.98 Å². The molecule has 4 aromatic rings. The Hall–Kier alpha value is -3.58. The number of rotatable bonds is 4. The maximum absolute atomic E-state index is 13.3. The van der Waals surface area contributed by atoms with Gasteiger partial charge in [0.1, 0.15) is 17.2 Å². The molecule has 1 saturated heterocycles. The lowest BCUT2D eigenvalue weighted by molar-refractivity contribution is 0.0299. The highest BCUT2D eigenvalue weighted by atomic mass is 16.5. The number of hydrogen-bond donors (Lipinski definition) is 1. The lowest BCUT2D eigenvalue weighted by Crippen LogP contribution is -2.41. The average Bonchev–Trinajstić information content (AvgIpc) is 3.22. The van der Waals surface area contributed by atoms with Crippen LogP contribution < -0.4 is 9.47 Å². The largest absolute Gasteiger partial charge is 0.497 e. The number of carbonyl (C=O) groups is 1. The molecule has 2 aromatic heterocycles. The third kappa shape index (κ3) is 3.37. The van der Waals surface area contributed by atoms with Crippen molar-refractivity contribution in [3.8, 4) is 22.8 Å². The summed E-state index contributed by atoms with van der Waals surface area (Å²) in [4.78, 5) is 23.4. The van der Waals surface area contributed by atoms with E-state index >= 15 is 0 Å². The van der Waals surface area contributed by atoms with E-state index < -0.39 is 0 Å². The van der Waals surface area contributed by atoms with E-state index in [0.29, 0.717) is 49.2 Å². The molecular weight excluding hydrogens is 394 g/mol. The molecule has 0 unspecified atom stereocenters. The highest BCUT2D eigenvalue weighted by Crippen LogP contribution is 2.38. The van der Waals surface area contributed by atoms with Gasteiger partial charge in [-0.3, -0.25) is 4.79 Å². The number of carbonyl (C=O) groups excluding carboxylic acids is 1. The molecule has 0 atom stereocenters. The molecule has 1 aliphatic heterocycles. The maximum Gasteiger partial charge on any atom is 0.272 e. The summed E-state index contributed by atoms with van der Waals surface area (Å²) in [6.45, 7) is 2.21. The standard InChI is InChI=1S/C24H23N3O4/c1-29-15-7-8-17(21(13-15)30-2)22-23-18(16-5-3-4-6-19(16)25-23)14-20(26-22)24(28)27-9-11-31-12-10-27/h3-8,13-14,25H,9-12H2,1-2H3. The number of benzene rings is 2. The van der Waals surface area contributed by atoms with Gasteiger partial charge in [0.2, 0.25) is 0 Å². The second kappa shape index (κ2) is 7.92. The van der Waals surface area contributed by atoms with Crippen molar-refractivity contribution in [1.29, 1.82) is 0 Å². The number of morpholine rings is 1. The molecule has 1 aliphatic rings. The van der Waals surface area contributed by atoms with Crippen LogP contribution in [0.4, 0.5) is 0 Å². The van der Waals surface area contributed by atoms with Crippen molar-refractivity contribution >= 4 is 27.7 Å². The Morgan fingerprint density at radius 3 is 2.61 bits per heavy atom. The fourth-order valence-corrected chi connectivity index (χ4v) is 4.07. The van der Waals surface area contributed by atoms with Crippen LogP contribution in [-0.2, 0) is 4.74 Å². The number of amides is 1. The van der Waals surface area contributed by atoms with Crippen molar-refractivity contribution in [3.63, 3.8) is 0 Å². The van der Waals surface area contributed by atoms with Crippen LogP contribution >= 0.6 is 0 Å². The number of ether oxygens (including phenoxy) is 3. The Bertz CT molecular complexity index is 1270. The summed E-state index contributed by atoms with van der Waals surface area (Å²) >= 11 is 0. The average molecular weight is 417 g/mol.